The van der Waals surface area contributed by atoms with Gasteiger partial charge in [0.2, 0.25) is 0 Å². The van der Waals surface area contributed by atoms with Crippen molar-refractivity contribution in [3.05, 3.63) is 68.6 Å². The predicted octanol–water partition coefficient (Wildman–Crippen LogP) is 3.79. The molecule has 0 saturated carbocycles. The molecule has 0 radical (unpaired) electrons. The number of aryl methyl sites for hydroxylation is 1. The molecular weight excluding hydrogens is 410 g/mol. The van der Waals surface area contributed by atoms with Gasteiger partial charge < -0.3 is 4.90 Å². The van der Waals surface area contributed by atoms with Crippen LogP contribution in [0.2, 0.25) is 0 Å². The molecule has 1 amide bonds. The third kappa shape index (κ3) is 3.31. The second-order valence-corrected chi connectivity index (χ2v) is 7.83. The standard InChI is InChI=1S/C19H15F4N3O2S/c1-11-9-29-17-24-8-14(16(28)26(11)17)15(27)25-6-5-18(20,10-25)12-3-2-4-13(7-12)19(21,22)23/h2-4,7-9H,5-6,10H2,1H3. The molecule has 1 unspecified atom stereocenters. The first-order chi connectivity index (χ1) is 13.6. The Hall–Kier alpha value is -2.75. The van der Waals surface area contributed by atoms with Crippen LogP contribution in [0.5, 0.6) is 0 Å². The van der Waals surface area contributed by atoms with Crippen LogP contribution in [0.25, 0.3) is 4.96 Å². The Morgan fingerprint density at radius 2 is 2.07 bits per heavy atom. The summed E-state index contributed by atoms with van der Waals surface area (Å²) in [5.41, 5.74) is -3.32. The van der Waals surface area contributed by atoms with Crippen LogP contribution < -0.4 is 5.56 Å². The van der Waals surface area contributed by atoms with Crippen molar-refractivity contribution in [2.75, 3.05) is 13.1 Å². The Morgan fingerprint density at radius 3 is 2.79 bits per heavy atom. The quantitative estimate of drug-likeness (QED) is 0.587. The highest BCUT2D eigenvalue weighted by atomic mass is 32.1. The van der Waals surface area contributed by atoms with Gasteiger partial charge in [0.1, 0.15) is 5.56 Å². The monoisotopic (exact) mass is 425 g/mol. The van der Waals surface area contributed by atoms with Crippen LogP contribution in [0, 0.1) is 6.92 Å². The van der Waals surface area contributed by atoms with E-state index < -0.39 is 35.4 Å². The third-order valence-electron chi connectivity index (χ3n) is 5.06. The smallest absolute Gasteiger partial charge is 0.335 e. The molecule has 1 aliphatic rings. The Morgan fingerprint density at radius 1 is 1.31 bits per heavy atom. The Labute approximate surface area is 166 Å². The van der Waals surface area contributed by atoms with Gasteiger partial charge in [-0.25, -0.2) is 9.37 Å². The van der Waals surface area contributed by atoms with E-state index in [9.17, 15) is 22.8 Å². The highest BCUT2D eigenvalue weighted by Gasteiger charge is 2.43. The van der Waals surface area contributed by atoms with Crippen LogP contribution in [0.3, 0.4) is 0 Å². The van der Waals surface area contributed by atoms with Crippen molar-refractivity contribution < 1.29 is 22.4 Å². The number of hydrogen-bond acceptors (Lipinski definition) is 4. The maximum atomic E-state index is 15.4. The summed E-state index contributed by atoms with van der Waals surface area (Å²) in [5, 5.41) is 1.73. The van der Waals surface area contributed by atoms with Gasteiger partial charge >= 0.3 is 6.18 Å². The number of thiazole rings is 1. The number of halogens is 4. The van der Waals surface area contributed by atoms with E-state index in [2.05, 4.69) is 4.98 Å². The molecule has 3 heterocycles. The first-order valence-corrected chi connectivity index (χ1v) is 9.60. The SMILES string of the molecule is Cc1csc2ncc(C(=O)N3CCC(F)(c4cccc(C(F)(F)F)c4)C3)c(=O)n12. The van der Waals surface area contributed by atoms with Gasteiger partial charge in [-0.2, -0.15) is 13.2 Å². The Bertz CT molecular complexity index is 1170. The molecule has 0 aliphatic carbocycles. The van der Waals surface area contributed by atoms with Gasteiger partial charge in [-0.1, -0.05) is 12.1 Å². The molecule has 5 nitrogen and oxygen atoms in total. The minimum absolute atomic E-state index is 0.0175. The molecule has 3 aromatic rings. The topological polar surface area (TPSA) is 54.7 Å². The molecule has 2 aromatic heterocycles. The van der Waals surface area contributed by atoms with Gasteiger partial charge in [0.25, 0.3) is 11.5 Å². The number of carbonyl (C=O) groups excluding carboxylic acids is 1. The molecule has 1 atom stereocenters. The molecule has 29 heavy (non-hydrogen) atoms. The predicted molar refractivity (Wildman–Crippen MR) is 98.8 cm³/mol. The Kier molecular flexibility index (Phi) is 4.49. The number of nitrogens with zero attached hydrogens (tertiary/aromatic N) is 3. The van der Waals surface area contributed by atoms with Gasteiger partial charge in [-0.3, -0.25) is 14.0 Å². The number of benzene rings is 1. The van der Waals surface area contributed by atoms with E-state index in [-0.39, 0.29) is 24.1 Å². The molecule has 4 rings (SSSR count). The maximum absolute atomic E-state index is 15.4. The molecule has 0 N–H and O–H groups in total. The first-order valence-electron chi connectivity index (χ1n) is 8.72. The summed E-state index contributed by atoms with van der Waals surface area (Å²) < 4.78 is 55.6. The van der Waals surface area contributed by atoms with Crippen molar-refractivity contribution in [1.82, 2.24) is 14.3 Å². The van der Waals surface area contributed by atoms with Crippen LogP contribution in [0.4, 0.5) is 17.6 Å². The van der Waals surface area contributed by atoms with E-state index in [1.807, 2.05) is 0 Å². The summed E-state index contributed by atoms with van der Waals surface area (Å²) in [6.07, 6.45) is -3.58. The lowest BCUT2D eigenvalue weighted by molar-refractivity contribution is -0.137. The summed E-state index contributed by atoms with van der Waals surface area (Å²) >= 11 is 1.26. The molecule has 152 valence electrons. The van der Waals surface area contributed by atoms with Crippen LogP contribution in [-0.4, -0.2) is 33.3 Å². The van der Waals surface area contributed by atoms with E-state index in [4.69, 9.17) is 0 Å². The average Bonchev–Trinajstić information content (AvgIpc) is 3.26. The van der Waals surface area contributed by atoms with E-state index in [1.165, 1.54) is 28.0 Å². The lowest BCUT2D eigenvalue weighted by Crippen LogP contribution is -2.36. The normalized spacial score (nSPS) is 19.8. The number of hydrogen-bond donors (Lipinski definition) is 0. The van der Waals surface area contributed by atoms with E-state index >= 15 is 4.39 Å². The molecule has 0 bridgehead atoms. The summed E-state index contributed by atoms with van der Waals surface area (Å²) in [7, 11) is 0. The lowest BCUT2D eigenvalue weighted by Gasteiger charge is -2.22. The van der Waals surface area contributed by atoms with E-state index in [1.54, 1.807) is 12.3 Å². The van der Waals surface area contributed by atoms with Gasteiger partial charge in [0.15, 0.2) is 10.6 Å². The molecule has 0 spiro atoms. The lowest BCUT2D eigenvalue weighted by atomic mass is 9.93. The highest BCUT2D eigenvalue weighted by Crippen LogP contribution is 2.39. The zero-order valence-electron chi connectivity index (χ0n) is 15.2. The van der Waals surface area contributed by atoms with Crippen molar-refractivity contribution in [2.45, 2.75) is 25.2 Å². The number of likely N-dealkylation sites (tertiary alicyclic amines) is 1. The maximum Gasteiger partial charge on any atom is 0.416 e. The summed E-state index contributed by atoms with van der Waals surface area (Å²) in [6.45, 7) is 1.26. The van der Waals surface area contributed by atoms with Crippen molar-refractivity contribution in [1.29, 1.82) is 0 Å². The molecule has 1 saturated heterocycles. The fraction of sp³-hybridized carbons (Fsp3) is 0.316. The minimum Gasteiger partial charge on any atom is -0.335 e. The number of alkyl halides is 4. The minimum atomic E-state index is -4.59. The zero-order chi connectivity index (χ0) is 21.0. The second kappa shape index (κ2) is 6.65. The fourth-order valence-corrected chi connectivity index (χ4v) is 4.33. The van der Waals surface area contributed by atoms with Crippen molar-refractivity contribution in [2.24, 2.45) is 0 Å². The van der Waals surface area contributed by atoms with Crippen LogP contribution in [0.1, 0.15) is 33.6 Å². The molecular formula is C19H15F4N3O2S. The van der Waals surface area contributed by atoms with E-state index in [0.29, 0.717) is 10.7 Å². The average molecular weight is 425 g/mol. The number of aromatic nitrogens is 2. The number of carbonyl (C=O) groups is 1. The zero-order valence-corrected chi connectivity index (χ0v) is 16.0. The third-order valence-corrected chi connectivity index (χ3v) is 6.02. The van der Waals surface area contributed by atoms with E-state index in [0.717, 1.165) is 23.1 Å². The van der Waals surface area contributed by atoms with Crippen LogP contribution in [-0.2, 0) is 11.8 Å². The number of rotatable bonds is 2. The van der Waals surface area contributed by atoms with Crippen LogP contribution >= 0.6 is 11.3 Å². The van der Waals surface area contributed by atoms with Crippen molar-refractivity contribution in [3.8, 4) is 0 Å². The van der Waals surface area contributed by atoms with Crippen molar-refractivity contribution in [3.63, 3.8) is 0 Å². The highest BCUT2D eigenvalue weighted by molar-refractivity contribution is 7.15. The van der Waals surface area contributed by atoms with Gasteiger partial charge in [-0.05, 0) is 24.6 Å². The van der Waals surface area contributed by atoms with Crippen molar-refractivity contribution >= 4 is 22.2 Å². The Balaban J connectivity index is 1.63. The largest absolute Gasteiger partial charge is 0.416 e. The fourth-order valence-electron chi connectivity index (χ4n) is 3.50. The molecule has 1 aromatic carbocycles. The first kappa shape index (κ1) is 19.6. The van der Waals surface area contributed by atoms with Gasteiger partial charge in [0.05, 0.1) is 12.1 Å². The summed E-state index contributed by atoms with van der Waals surface area (Å²) in [5.74, 6) is -0.686. The summed E-state index contributed by atoms with van der Waals surface area (Å²) in [6, 6.07) is 4.06. The molecule has 1 aliphatic heterocycles. The summed E-state index contributed by atoms with van der Waals surface area (Å²) in [4.78, 5) is 31.2. The molecule has 10 heteroatoms. The van der Waals surface area contributed by atoms with Crippen LogP contribution in [0.15, 0.2) is 40.6 Å². The second-order valence-electron chi connectivity index (χ2n) is 6.99. The number of fused-ring (bicyclic) bond motifs is 1. The number of amides is 1. The molecule has 1 fully saturated rings. The van der Waals surface area contributed by atoms with Gasteiger partial charge in [-0.15, -0.1) is 11.3 Å². The van der Waals surface area contributed by atoms with Gasteiger partial charge in [0, 0.05) is 30.2 Å².